The number of likely N-dealkylation sites (tertiary alicyclic amines) is 1. The highest BCUT2D eigenvalue weighted by Crippen LogP contribution is 2.30. The van der Waals surface area contributed by atoms with E-state index in [0.29, 0.717) is 35.1 Å². The molecule has 1 aromatic heterocycles. The standard InChI is InChI=1S/C22H24N6O3/c23-25-22(30)16-8-6-7-15(13-16)20-24-21(27-26-20)18-11-4-5-12-28(18)19(29)14-31-17-9-2-1-3-10-17/h1-3,6-10,13,18H,4-5,11-12,14,23H2,(H,25,30)(H,24,26,27)/t18-/m1/s1. The first kappa shape index (κ1) is 20.5. The normalized spacial score (nSPS) is 16.0. The number of carbonyl (C=O) groups is 2. The minimum absolute atomic E-state index is 0.0300. The van der Waals surface area contributed by atoms with Crippen molar-refractivity contribution in [3.63, 3.8) is 0 Å². The number of H-pyrrole nitrogens is 1. The van der Waals surface area contributed by atoms with Crippen LogP contribution in [0.5, 0.6) is 5.75 Å². The summed E-state index contributed by atoms with van der Waals surface area (Å²) in [6.07, 6.45) is 2.72. The lowest BCUT2D eigenvalue weighted by molar-refractivity contribution is -0.137. The molecule has 0 spiro atoms. The van der Waals surface area contributed by atoms with Gasteiger partial charge in [0.15, 0.2) is 12.4 Å². The Balaban J connectivity index is 1.49. The van der Waals surface area contributed by atoms with Gasteiger partial charge >= 0.3 is 0 Å². The molecule has 4 N–H and O–H groups in total. The van der Waals surface area contributed by atoms with Crippen molar-refractivity contribution in [1.29, 1.82) is 0 Å². The quantitative estimate of drug-likeness (QED) is 0.319. The maximum Gasteiger partial charge on any atom is 0.265 e. The Kier molecular flexibility index (Phi) is 6.23. The number of nitrogens with one attached hydrogen (secondary N) is 2. The molecule has 1 fully saturated rings. The molecule has 2 amide bonds. The summed E-state index contributed by atoms with van der Waals surface area (Å²) in [5.74, 6) is 6.48. The van der Waals surface area contributed by atoms with Gasteiger partial charge in [0.05, 0.1) is 6.04 Å². The van der Waals surface area contributed by atoms with E-state index >= 15 is 0 Å². The SMILES string of the molecule is NNC(=O)c1cccc(-c2n[nH]c([C@H]3CCCCN3C(=O)COc3ccccc3)n2)c1. The predicted octanol–water partition coefficient (Wildman–Crippen LogP) is 2.21. The van der Waals surface area contributed by atoms with Crippen LogP contribution in [0.2, 0.25) is 0 Å². The number of ether oxygens (including phenoxy) is 1. The fraction of sp³-hybridized carbons (Fsp3) is 0.273. The van der Waals surface area contributed by atoms with Gasteiger partial charge in [-0.3, -0.25) is 20.1 Å². The molecule has 1 atom stereocenters. The minimum atomic E-state index is -0.389. The van der Waals surface area contributed by atoms with Crippen molar-refractivity contribution in [2.75, 3.05) is 13.2 Å². The molecule has 2 aromatic carbocycles. The van der Waals surface area contributed by atoms with Gasteiger partial charge in [0.25, 0.3) is 11.8 Å². The van der Waals surface area contributed by atoms with Gasteiger partial charge in [0, 0.05) is 17.7 Å². The number of nitrogens with two attached hydrogens (primary N) is 1. The van der Waals surface area contributed by atoms with E-state index in [9.17, 15) is 9.59 Å². The molecule has 1 aliphatic heterocycles. The lowest BCUT2D eigenvalue weighted by atomic mass is 10.0. The molecule has 4 rings (SSSR count). The second-order valence-corrected chi connectivity index (χ2v) is 7.30. The summed E-state index contributed by atoms with van der Waals surface area (Å²) in [5, 5.41) is 7.28. The summed E-state index contributed by atoms with van der Waals surface area (Å²) in [7, 11) is 0. The number of para-hydroxylation sites is 1. The van der Waals surface area contributed by atoms with Crippen molar-refractivity contribution in [3.8, 4) is 17.1 Å². The van der Waals surface area contributed by atoms with Crippen LogP contribution in [-0.2, 0) is 4.79 Å². The van der Waals surface area contributed by atoms with Gasteiger partial charge in [0.2, 0.25) is 0 Å². The molecule has 9 heteroatoms. The van der Waals surface area contributed by atoms with Gasteiger partial charge in [-0.15, -0.1) is 0 Å². The molecule has 1 saturated heterocycles. The average Bonchev–Trinajstić information content (AvgIpc) is 3.33. The van der Waals surface area contributed by atoms with Gasteiger partial charge in [-0.05, 0) is 43.5 Å². The fourth-order valence-electron chi connectivity index (χ4n) is 3.69. The Labute approximate surface area is 179 Å². The Morgan fingerprint density at radius 2 is 2.00 bits per heavy atom. The van der Waals surface area contributed by atoms with Gasteiger partial charge in [-0.25, -0.2) is 10.8 Å². The van der Waals surface area contributed by atoms with E-state index in [2.05, 4.69) is 20.6 Å². The molecule has 0 unspecified atom stereocenters. The maximum absolute atomic E-state index is 12.9. The van der Waals surface area contributed by atoms with Crippen molar-refractivity contribution in [2.24, 2.45) is 5.84 Å². The number of rotatable bonds is 6. The fourth-order valence-corrected chi connectivity index (χ4v) is 3.69. The Bertz CT molecular complexity index is 1050. The zero-order valence-corrected chi connectivity index (χ0v) is 17.0. The molecule has 0 radical (unpaired) electrons. The predicted molar refractivity (Wildman–Crippen MR) is 114 cm³/mol. The third kappa shape index (κ3) is 4.72. The maximum atomic E-state index is 12.9. The van der Waals surface area contributed by atoms with Crippen LogP contribution in [0.25, 0.3) is 11.4 Å². The second kappa shape index (κ2) is 9.40. The number of hydrogen-bond donors (Lipinski definition) is 3. The van der Waals surface area contributed by atoms with E-state index in [1.165, 1.54) is 0 Å². The van der Waals surface area contributed by atoms with Crippen molar-refractivity contribution in [3.05, 3.63) is 66.0 Å². The van der Waals surface area contributed by atoms with E-state index in [1.807, 2.05) is 36.4 Å². The average molecular weight is 420 g/mol. The van der Waals surface area contributed by atoms with Crippen LogP contribution >= 0.6 is 0 Å². The van der Waals surface area contributed by atoms with Crippen LogP contribution in [0.3, 0.4) is 0 Å². The lowest BCUT2D eigenvalue weighted by Gasteiger charge is -2.34. The highest BCUT2D eigenvalue weighted by Gasteiger charge is 2.30. The van der Waals surface area contributed by atoms with Gasteiger partial charge in [-0.2, -0.15) is 5.10 Å². The molecule has 160 valence electrons. The number of aromatic nitrogens is 3. The van der Waals surface area contributed by atoms with Crippen LogP contribution in [0, 0.1) is 0 Å². The molecule has 3 aromatic rings. The zero-order valence-electron chi connectivity index (χ0n) is 17.0. The molecular formula is C22H24N6O3. The van der Waals surface area contributed by atoms with Crippen LogP contribution in [0.4, 0.5) is 0 Å². The molecule has 2 heterocycles. The van der Waals surface area contributed by atoms with E-state index in [0.717, 1.165) is 19.3 Å². The van der Waals surface area contributed by atoms with Crippen LogP contribution < -0.4 is 16.0 Å². The summed E-state index contributed by atoms with van der Waals surface area (Å²) >= 11 is 0. The summed E-state index contributed by atoms with van der Waals surface area (Å²) < 4.78 is 5.64. The topological polar surface area (TPSA) is 126 Å². The van der Waals surface area contributed by atoms with Crippen molar-refractivity contribution >= 4 is 11.8 Å². The molecule has 1 aliphatic rings. The minimum Gasteiger partial charge on any atom is -0.484 e. The smallest absolute Gasteiger partial charge is 0.265 e. The number of nitrogen functional groups attached to an aromatic ring is 1. The van der Waals surface area contributed by atoms with Gasteiger partial charge in [-0.1, -0.05) is 30.3 Å². The molecule has 9 nitrogen and oxygen atoms in total. The number of nitrogens with zero attached hydrogens (tertiary/aromatic N) is 3. The van der Waals surface area contributed by atoms with E-state index in [1.54, 1.807) is 23.1 Å². The van der Waals surface area contributed by atoms with Crippen molar-refractivity contribution in [1.82, 2.24) is 25.5 Å². The summed E-state index contributed by atoms with van der Waals surface area (Å²) in [6.45, 7) is 0.613. The molecular weight excluding hydrogens is 396 g/mol. The Hall–Kier alpha value is -3.72. The largest absolute Gasteiger partial charge is 0.484 e. The van der Waals surface area contributed by atoms with Crippen LogP contribution in [0.15, 0.2) is 54.6 Å². The highest BCUT2D eigenvalue weighted by molar-refractivity contribution is 5.94. The number of hydrazine groups is 1. The Morgan fingerprint density at radius 3 is 2.81 bits per heavy atom. The number of piperidine rings is 1. The van der Waals surface area contributed by atoms with Crippen LogP contribution in [0.1, 0.15) is 41.5 Å². The molecule has 31 heavy (non-hydrogen) atoms. The first-order valence-corrected chi connectivity index (χ1v) is 10.2. The van der Waals surface area contributed by atoms with Gasteiger partial charge in [0.1, 0.15) is 11.6 Å². The number of hydrogen-bond acceptors (Lipinski definition) is 6. The molecule has 0 aliphatic carbocycles. The summed E-state index contributed by atoms with van der Waals surface area (Å²) in [6, 6.07) is 16.0. The number of aromatic amines is 1. The molecule has 0 bridgehead atoms. The second-order valence-electron chi connectivity index (χ2n) is 7.30. The van der Waals surface area contributed by atoms with Gasteiger partial charge < -0.3 is 9.64 Å². The summed E-state index contributed by atoms with van der Waals surface area (Å²) in [5.41, 5.74) is 3.22. The first-order chi connectivity index (χ1) is 15.2. The van der Waals surface area contributed by atoms with Crippen molar-refractivity contribution < 1.29 is 14.3 Å². The number of carbonyl (C=O) groups excluding carboxylic acids is 2. The monoisotopic (exact) mass is 420 g/mol. The van der Waals surface area contributed by atoms with Crippen molar-refractivity contribution in [2.45, 2.75) is 25.3 Å². The third-order valence-electron chi connectivity index (χ3n) is 5.26. The highest BCUT2D eigenvalue weighted by atomic mass is 16.5. The summed E-state index contributed by atoms with van der Waals surface area (Å²) in [4.78, 5) is 31.1. The zero-order chi connectivity index (χ0) is 21.6. The van der Waals surface area contributed by atoms with E-state index < -0.39 is 0 Å². The lowest BCUT2D eigenvalue weighted by Crippen LogP contribution is -2.41. The van der Waals surface area contributed by atoms with E-state index in [-0.39, 0.29) is 24.5 Å². The number of amides is 2. The van der Waals surface area contributed by atoms with E-state index in [4.69, 9.17) is 10.6 Å². The molecule has 0 saturated carbocycles. The first-order valence-electron chi connectivity index (χ1n) is 10.2. The number of benzene rings is 2. The Morgan fingerprint density at radius 1 is 1.16 bits per heavy atom. The van der Waals surface area contributed by atoms with Crippen LogP contribution in [-0.4, -0.2) is 45.0 Å². The third-order valence-corrected chi connectivity index (χ3v) is 5.26.